The summed E-state index contributed by atoms with van der Waals surface area (Å²) < 4.78 is 18.6. The van der Waals surface area contributed by atoms with E-state index in [0.717, 1.165) is 0 Å². The van der Waals surface area contributed by atoms with Crippen molar-refractivity contribution in [2.45, 2.75) is 6.92 Å². The lowest BCUT2D eigenvalue weighted by Crippen LogP contribution is -2.02. The van der Waals surface area contributed by atoms with Gasteiger partial charge in [0.05, 0.1) is 12.8 Å². The van der Waals surface area contributed by atoms with Crippen molar-refractivity contribution >= 4 is 11.5 Å². The van der Waals surface area contributed by atoms with E-state index in [2.05, 4.69) is 5.32 Å². The number of anilines is 1. The molecule has 0 amide bonds. The number of para-hydroxylation sites is 1. The summed E-state index contributed by atoms with van der Waals surface area (Å²) in [6, 6.07) is 13.2. The maximum absolute atomic E-state index is 13.5. The first-order valence-electron chi connectivity index (χ1n) is 6.48. The number of ether oxygens (including phenoxy) is 1. The van der Waals surface area contributed by atoms with Gasteiger partial charge in [0.2, 0.25) is 0 Å². The first-order valence-corrected chi connectivity index (χ1v) is 6.48. The van der Waals surface area contributed by atoms with Crippen LogP contribution >= 0.6 is 0 Å². The molecule has 0 aromatic heterocycles. The number of rotatable bonds is 5. The predicted octanol–water partition coefficient (Wildman–Crippen LogP) is 4.03. The van der Waals surface area contributed by atoms with Gasteiger partial charge in [0, 0.05) is 17.3 Å². The zero-order chi connectivity index (χ0) is 15.2. The lowest BCUT2D eigenvalue weighted by molar-refractivity contribution is 0.104. The molecule has 0 aliphatic rings. The van der Waals surface area contributed by atoms with Gasteiger partial charge in [-0.25, -0.2) is 4.39 Å². The summed E-state index contributed by atoms with van der Waals surface area (Å²) in [5.41, 5.74) is 1.42. The Hall–Kier alpha value is -2.62. The van der Waals surface area contributed by atoms with E-state index >= 15 is 0 Å². The van der Waals surface area contributed by atoms with Gasteiger partial charge in [0.1, 0.15) is 11.6 Å². The molecule has 2 aromatic rings. The molecule has 4 heteroatoms. The average molecular weight is 285 g/mol. The van der Waals surface area contributed by atoms with E-state index in [4.69, 9.17) is 4.74 Å². The number of ketones is 1. The Labute approximate surface area is 123 Å². The molecule has 2 rings (SSSR count). The SMILES string of the molecule is COc1cccc(C(=O)C=C(C)Nc2ccccc2F)c1. The molecule has 0 saturated heterocycles. The van der Waals surface area contributed by atoms with Crippen molar-refractivity contribution in [2.75, 3.05) is 12.4 Å². The van der Waals surface area contributed by atoms with Crippen molar-refractivity contribution in [3.8, 4) is 5.75 Å². The normalized spacial score (nSPS) is 11.1. The topological polar surface area (TPSA) is 38.3 Å². The molecule has 3 nitrogen and oxygen atoms in total. The van der Waals surface area contributed by atoms with Crippen LogP contribution in [0.25, 0.3) is 0 Å². The van der Waals surface area contributed by atoms with Gasteiger partial charge in [-0.3, -0.25) is 4.79 Å². The molecule has 0 fully saturated rings. The second kappa shape index (κ2) is 6.70. The van der Waals surface area contributed by atoms with Gasteiger partial charge in [-0.15, -0.1) is 0 Å². The molecule has 0 radical (unpaired) electrons. The highest BCUT2D eigenvalue weighted by Crippen LogP contribution is 2.16. The third-order valence-electron chi connectivity index (χ3n) is 2.91. The number of carbonyl (C=O) groups is 1. The molecule has 2 aromatic carbocycles. The van der Waals surface area contributed by atoms with Crippen LogP contribution in [0.15, 0.2) is 60.3 Å². The van der Waals surface area contributed by atoms with Crippen LogP contribution in [0.4, 0.5) is 10.1 Å². The van der Waals surface area contributed by atoms with Crippen molar-refractivity contribution in [1.29, 1.82) is 0 Å². The Bertz CT molecular complexity index is 680. The van der Waals surface area contributed by atoms with Gasteiger partial charge in [-0.1, -0.05) is 24.3 Å². The lowest BCUT2D eigenvalue weighted by Gasteiger charge is -2.07. The number of benzene rings is 2. The zero-order valence-corrected chi connectivity index (χ0v) is 11.9. The number of halogens is 1. The molecular weight excluding hydrogens is 269 g/mol. The summed E-state index contributed by atoms with van der Waals surface area (Å²) in [5, 5.41) is 2.87. The monoisotopic (exact) mass is 285 g/mol. The summed E-state index contributed by atoms with van der Waals surface area (Å²) in [6.07, 6.45) is 1.43. The van der Waals surface area contributed by atoms with E-state index in [9.17, 15) is 9.18 Å². The summed E-state index contributed by atoms with van der Waals surface area (Å²) in [5.74, 6) is 0.0864. The number of allylic oxidation sites excluding steroid dienone is 2. The van der Waals surface area contributed by atoms with E-state index in [1.54, 1.807) is 56.5 Å². The Balaban J connectivity index is 2.14. The summed E-state index contributed by atoms with van der Waals surface area (Å²) in [6.45, 7) is 1.71. The molecule has 0 spiro atoms. The minimum Gasteiger partial charge on any atom is -0.497 e. The van der Waals surface area contributed by atoms with Gasteiger partial charge < -0.3 is 10.1 Å². The molecule has 108 valence electrons. The van der Waals surface area contributed by atoms with Crippen molar-refractivity contribution < 1.29 is 13.9 Å². The van der Waals surface area contributed by atoms with E-state index < -0.39 is 0 Å². The number of hydrogen-bond donors (Lipinski definition) is 1. The highest BCUT2D eigenvalue weighted by atomic mass is 19.1. The van der Waals surface area contributed by atoms with Crippen molar-refractivity contribution in [3.63, 3.8) is 0 Å². The van der Waals surface area contributed by atoms with Gasteiger partial charge in [0.15, 0.2) is 5.78 Å². The minimum absolute atomic E-state index is 0.171. The quantitative estimate of drug-likeness (QED) is 0.665. The molecule has 1 N–H and O–H groups in total. The smallest absolute Gasteiger partial charge is 0.187 e. The van der Waals surface area contributed by atoms with Crippen molar-refractivity contribution in [1.82, 2.24) is 0 Å². The molecule has 0 atom stereocenters. The lowest BCUT2D eigenvalue weighted by atomic mass is 10.1. The fourth-order valence-corrected chi connectivity index (χ4v) is 1.87. The number of hydrogen-bond acceptors (Lipinski definition) is 3. The fraction of sp³-hybridized carbons (Fsp3) is 0.118. The molecule has 0 aliphatic carbocycles. The third kappa shape index (κ3) is 3.92. The molecular formula is C17H16FNO2. The second-order valence-corrected chi connectivity index (χ2v) is 4.53. The fourth-order valence-electron chi connectivity index (χ4n) is 1.87. The van der Waals surface area contributed by atoms with Crippen LogP contribution in [0, 0.1) is 5.82 Å². The van der Waals surface area contributed by atoms with Crippen LogP contribution in [0.3, 0.4) is 0 Å². The molecule has 0 heterocycles. The van der Waals surface area contributed by atoms with Gasteiger partial charge in [-0.2, -0.15) is 0 Å². The molecule has 0 saturated carbocycles. The Morgan fingerprint density at radius 1 is 1.19 bits per heavy atom. The minimum atomic E-state index is -0.362. The van der Waals surface area contributed by atoms with Crippen LogP contribution in [0.5, 0.6) is 5.75 Å². The van der Waals surface area contributed by atoms with Gasteiger partial charge in [-0.05, 0) is 31.2 Å². The van der Waals surface area contributed by atoms with E-state index in [1.165, 1.54) is 12.1 Å². The van der Waals surface area contributed by atoms with Crippen molar-refractivity contribution in [3.05, 3.63) is 71.7 Å². The van der Waals surface area contributed by atoms with Gasteiger partial charge in [0.25, 0.3) is 0 Å². The highest BCUT2D eigenvalue weighted by molar-refractivity contribution is 6.05. The van der Waals surface area contributed by atoms with E-state index in [1.807, 2.05) is 0 Å². The highest BCUT2D eigenvalue weighted by Gasteiger charge is 2.06. The van der Waals surface area contributed by atoms with E-state index in [0.29, 0.717) is 22.7 Å². The largest absolute Gasteiger partial charge is 0.497 e. The predicted molar refractivity (Wildman–Crippen MR) is 81.1 cm³/mol. The number of carbonyl (C=O) groups excluding carboxylic acids is 1. The third-order valence-corrected chi connectivity index (χ3v) is 2.91. The second-order valence-electron chi connectivity index (χ2n) is 4.53. The molecule has 0 unspecified atom stereocenters. The molecule has 0 aliphatic heterocycles. The van der Waals surface area contributed by atoms with Crippen LogP contribution in [0.1, 0.15) is 17.3 Å². The van der Waals surface area contributed by atoms with Gasteiger partial charge >= 0.3 is 0 Å². The molecule has 21 heavy (non-hydrogen) atoms. The Kier molecular flexibility index (Phi) is 4.72. The maximum Gasteiger partial charge on any atom is 0.187 e. The first-order chi connectivity index (χ1) is 10.1. The molecule has 0 bridgehead atoms. The maximum atomic E-state index is 13.5. The van der Waals surface area contributed by atoms with Crippen LogP contribution in [-0.2, 0) is 0 Å². The summed E-state index contributed by atoms with van der Waals surface area (Å²) in [4.78, 5) is 12.1. The number of methoxy groups -OCH3 is 1. The Morgan fingerprint density at radius 3 is 2.67 bits per heavy atom. The van der Waals surface area contributed by atoms with Crippen LogP contribution < -0.4 is 10.1 Å². The standard InChI is InChI=1S/C17H16FNO2/c1-12(19-16-9-4-3-8-15(16)18)10-17(20)13-6-5-7-14(11-13)21-2/h3-11,19H,1-2H3. The summed E-state index contributed by atoms with van der Waals surface area (Å²) in [7, 11) is 1.55. The first kappa shape index (κ1) is 14.8. The van der Waals surface area contributed by atoms with Crippen LogP contribution in [0.2, 0.25) is 0 Å². The van der Waals surface area contributed by atoms with E-state index in [-0.39, 0.29) is 11.6 Å². The Morgan fingerprint density at radius 2 is 1.95 bits per heavy atom. The number of nitrogens with one attached hydrogen (secondary N) is 1. The van der Waals surface area contributed by atoms with Crippen LogP contribution in [-0.4, -0.2) is 12.9 Å². The van der Waals surface area contributed by atoms with Crippen molar-refractivity contribution in [2.24, 2.45) is 0 Å². The average Bonchev–Trinajstić information content (AvgIpc) is 2.49. The summed E-state index contributed by atoms with van der Waals surface area (Å²) >= 11 is 0. The zero-order valence-electron chi connectivity index (χ0n) is 11.9.